The maximum Gasteiger partial charge on any atom is 0.252 e. The number of aromatic nitrogens is 4. The Bertz CT molecular complexity index is 1040. The van der Waals surface area contributed by atoms with Crippen molar-refractivity contribution in [1.82, 2.24) is 30.4 Å². The summed E-state index contributed by atoms with van der Waals surface area (Å²) in [7, 11) is 0. The summed E-state index contributed by atoms with van der Waals surface area (Å²) >= 11 is 0. The van der Waals surface area contributed by atoms with Gasteiger partial charge in [-0.25, -0.2) is 9.37 Å². The first kappa shape index (κ1) is 20.6. The quantitative estimate of drug-likeness (QED) is 0.609. The summed E-state index contributed by atoms with van der Waals surface area (Å²) in [6.07, 6.45) is 5.47. The number of hydrogen-bond donors (Lipinski definition) is 2. The zero-order chi connectivity index (χ0) is 21.6. The number of carbonyl (C=O) groups excluding carboxylic acids is 2. The number of halogens is 1. The lowest BCUT2D eigenvalue weighted by molar-refractivity contribution is -0.132. The molecule has 0 spiro atoms. The van der Waals surface area contributed by atoms with Crippen LogP contribution in [0.4, 0.5) is 4.39 Å². The standard InChI is InChI=1S/C22H23FN6O2/c23-17-7-5-15(6-8-17)13-19-26-21(28-27-19)18-4-2-12-29(18)20(30)9-11-25-22(31)16-3-1-10-24-14-16/h1,3,5-8,10,14,18H,2,4,9,11-13H2,(H,25,31)(H,26,27,28)/t18-/m0/s1. The van der Waals surface area contributed by atoms with Crippen LogP contribution in [0.3, 0.4) is 0 Å². The van der Waals surface area contributed by atoms with Crippen molar-refractivity contribution in [2.45, 2.75) is 31.7 Å². The van der Waals surface area contributed by atoms with Crippen molar-refractivity contribution in [1.29, 1.82) is 0 Å². The normalized spacial score (nSPS) is 15.8. The summed E-state index contributed by atoms with van der Waals surface area (Å²) in [5, 5.41) is 9.99. The molecule has 1 aromatic carbocycles. The van der Waals surface area contributed by atoms with Gasteiger partial charge in [0.2, 0.25) is 5.91 Å². The zero-order valence-corrected chi connectivity index (χ0v) is 16.9. The summed E-state index contributed by atoms with van der Waals surface area (Å²) in [6, 6.07) is 9.43. The molecule has 1 atom stereocenters. The topological polar surface area (TPSA) is 104 Å². The van der Waals surface area contributed by atoms with E-state index < -0.39 is 0 Å². The van der Waals surface area contributed by atoms with Crippen molar-refractivity contribution in [3.8, 4) is 0 Å². The lowest BCUT2D eigenvalue weighted by Gasteiger charge is -2.22. The largest absolute Gasteiger partial charge is 0.351 e. The molecule has 1 aliphatic heterocycles. The van der Waals surface area contributed by atoms with Crippen LogP contribution in [0.2, 0.25) is 0 Å². The molecule has 0 aliphatic carbocycles. The van der Waals surface area contributed by atoms with Gasteiger partial charge in [0, 0.05) is 38.3 Å². The molecule has 1 fully saturated rings. The number of likely N-dealkylation sites (tertiary alicyclic amines) is 1. The number of amides is 2. The van der Waals surface area contributed by atoms with Crippen LogP contribution in [0.1, 0.15) is 52.9 Å². The fraction of sp³-hybridized carbons (Fsp3) is 0.318. The lowest BCUT2D eigenvalue weighted by atomic mass is 10.1. The maximum absolute atomic E-state index is 13.1. The van der Waals surface area contributed by atoms with Crippen LogP contribution in [0.15, 0.2) is 48.8 Å². The molecule has 0 bridgehead atoms. The number of nitrogens with zero attached hydrogens (tertiary/aromatic N) is 4. The summed E-state index contributed by atoms with van der Waals surface area (Å²) in [5.74, 6) is 0.683. The molecule has 0 saturated carbocycles. The molecule has 4 rings (SSSR count). The molecular formula is C22H23FN6O2. The van der Waals surface area contributed by atoms with E-state index in [2.05, 4.69) is 25.5 Å². The molecule has 2 N–H and O–H groups in total. The Balaban J connectivity index is 1.32. The number of rotatable bonds is 7. The van der Waals surface area contributed by atoms with Gasteiger partial charge in [-0.05, 0) is 42.7 Å². The number of aromatic amines is 1. The van der Waals surface area contributed by atoms with E-state index in [1.807, 2.05) is 0 Å². The SMILES string of the molecule is O=C(NCCC(=O)N1CCC[C@H]1c1n[nH]c(Cc2ccc(F)cc2)n1)c1cccnc1. The lowest BCUT2D eigenvalue weighted by Crippen LogP contribution is -2.34. The van der Waals surface area contributed by atoms with Crippen molar-refractivity contribution in [3.63, 3.8) is 0 Å². The first-order valence-electron chi connectivity index (χ1n) is 10.2. The van der Waals surface area contributed by atoms with Crippen LogP contribution in [0, 0.1) is 5.82 Å². The molecule has 0 radical (unpaired) electrons. The van der Waals surface area contributed by atoms with Gasteiger partial charge in [0.1, 0.15) is 11.6 Å². The highest BCUT2D eigenvalue weighted by Gasteiger charge is 2.32. The monoisotopic (exact) mass is 422 g/mol. The Labute approximate surface area is 178 Å². The maximum atomic E-state index is 13.1. The van der Waals surface area contributed by atoms with Gasteiger partial charge < -0.3 is 10.2 Å². The Morgan fingerprint density at radius 1 is 1.23 bits per heavy atom. The van der Waals surface area contributed by atoms with Crippen molar-refractivity contribution >= 4 is 11.8 Å². The van der Waals surface area contributed by atoms with Gasteiger partial charge in [0.25, 0.3) is 5.91 Å². The number of carbonyl (C=O) groups is 2. The highest BCUT2D eigenvalue weighted by Crippen LogP contribution is 2.30. The third kappa shape index (κ3) is 5.11. The van der Waals surface area contributed by atoms with Crippen LogP contribution in [0.5, 0.6) is 0 Å². The number of nitrogens with one attached hydrogen (secondary N) is 2. The summed E-state index contributed by atoms with van der Waals surface area (Å²) in [5.41, 5.74) is 1.39. The van der Waals surface area contributed by atoms with Gasteiger partial charge in [-0.15, -0.1) is 0 Å². The van der Waals surface area contributed by atoms with Gasteiger partial charge in [-0.2, -0.15) is 5.10 Å². The number of H-pyrrole nitrogens is 1. The van der Waals surface area contributed by atoms with E-state index in [0.717, 1.165) is 18.4 Å². The molecule has 0 unspecified atom stereocenters. The average molecular weight is 422 g/mol. The fourth-order valence-electron chi connectivity index (χ4n) is 3.69. The Morgan fingerprint density at radius 2 is 2.06 bits per heavy atom. The molecule has 2 aromatic heterocycles. The summed E-state index contributed by atoms with van der Waals surface area (Å²) in [6.45, 7) is 0.890. The zero-order valence-electron chi connectivity index (χ0n) is 16.9. The fourth-order valence-corrected chi connectivity index (χ4v) is 3.69. The summed E-state index contributed by atoms with van der Waals surface area (Å²) in [4.78, 5) is 35.1. The third-order valence-corrected chi connectivity index (χ3v) is 5.25. The second-order valence-corrected chi connectivity index (χ2v) is 7.44. The van der Waals surface area contributed by atoms with Gasteiger partial charge in [0.05, 0.1) is 11.6 Å². The van der Waals surface area contributed by atoms with E-state index in [4.69, 9.17) is 0 Å². The average Bonchev–Trinajstić information content (AvgIpc) is 3.45. The molecule has 1 aliphatic rings. The smallest absolute Gasteiger partial charge is 0.252 e. The number of hydrogen-bond acceptors (Lipinski definition) is 5. The van der Waals surface area contributed by atoms with E-state index >= 15 is 0 Å². The highest BCUT2D eigenvalue weighted by atomic mass is 19.1. The van der Waals surface area contributed by atoms with E-state index in [1.165, 1.54) is 18.3 Å². The molecule has 160 valence electrons. The van der Waals surface area contributed by atoms with E-state index in [1.54, 1.807) is 35.4 Å². The molecule has 3 aromatic rings. The van der Waals surface area contributed by atoms with Crippen LogP contribution in [-0.4, -0.2) is 50.0 Å². The molecule has 9 heteroatoms. The van der Waals surface area contributed by atoms with Gasteiger partial charge in [0.15, 0.2) is 5.82 Å². The van der Waals surface area contributed by atoms with E-state index in [-0.39, 0.29) is 36.6 Å². The van der Waals surface area contributed by atoms with Gasteiger partial charge >= 0.3 is 0 Å². The highest BCUT2D eigenvalue weighted by molar-refractivity contribution is 5.94. The molecule has 31 heavy (non-hydrogen) atoms. The van der Waals surface area contributed by atoms with Gasteiger partial charge in [-0.1, -0.05) is 12.1 Å². The second-order valence-electron chi connectivity index (χ2n) is 7.44. The van der Waals surface area contributed by atoms with Crippen molar-refractivity contribution in [2.24, 2.45) is 0 Å². The second kappa shape index (κ2) is 9.46. The molecule has 2 amide bonds. The van der Waals surface area contributed by atoms with Crippen LogP contribution in [-0.2, 0) is 11.2 Å². The number of benzene rings is 1. The van der Waals surface area contributed by atoms with Crippen LogP contribution >= 0.6 is 0 Å². The molecular weight excluding hydrogens is 399 g/mol. The van der Waals surface area contributed by atoms with Crippen molar-refractivity contribution in [3.05, 3.63) is 77.4 Å². The van der Waals surface area contributed by atoms with E-state index in [9.17, 15) is 14.0 Å². The molecule has 1 saturated heterocycles. The van der Waals surface area contributed by atoms with Crippen molar-refractivity contribution in [2.75, 3.05) is 13.1 Å². The van der Waals surface area contributed by atoms with Crippen molar-refractivity contribution < 1.29 is 14.0 Å². The molecule has 8 nitrogen and oxygen atoms in total. The Morgan fingerprint density at radius 3 is 2.84 bits per heavy atom. The predicted octanol–water partition coefficient (Wildman–Crippen LogP) is 2.41. The van der Waals surface area contributed by atoms with Gasteiger partial charge in [-0.3, -0.25) is 19.7 Å². The van der Waals surface area contributed by atoms with Crippen LogP contribution in [0.25, 0.3) is 0 Å². The predicted molar refractivity (Wildman–Crippen MR) is 110 cm³/mol. The minimum Gasteiger partial charge on any atom is -0.351 e. The Kier molecular flexibility index (Phi) is 6.30. The Hall–Kier alpha value is -3.62. The number of pyridine rings is 1. The first-order valence-corrected chi connectivity index (χ1v) is 10.2. The first-order chi connectivity index (χ1) is 15.1. The summed E-state index contributed by atoms with van der Waals surface area (Å²) < 4.78 is 13.1. The third-order valence-electron chi connectivity index (χ3n) is 5.25. The minimum absolute atomic E-state index is 0.0427. The van der Waals surface area contributed by atoms with E-state index in [0.29, 0.717) is 30.2 Å². The van der Waals surface area contributed by atoms with Crippen LogP contribution < -0.4 is 5.32 Å². The minimum atomic E-state index is -0.279. The molecule has 3 heterocycles.